The smallest absolute Gasteiger partial charge is 0.356 e. The lowest BCUT2D eigenvalue weighted by Crippen LogP contribution is -2.16. The number of ether oxygens (including phenoxy) is 1. The Morgan fingerprint density at radius 1 is 1.32 bits per heavy atom. The fourth-order valence-electron chi connectivity index (χ4n) is 2.39. The Kier molecular flexibility index (Phi) is 6.09. The summed E-state index contributed by atoms with van der Waals surface area (Å²) in [6, 6.07) is 7.23. The number of pyridine rings is 1. The maximum atomic E-state index is 13.1. The Morgan fingerprint density at radius 3 is 2.48 bits per heavy atom. The highest BCUT2D eigenvalue weighted by Gasteiger charge is 2.21. The number of anilines is 2. The van der Waals surface area contributed by atoms with Gasteiger partial charge < -0.3 is 10.1 Å². The number of nitrogens with one attached hydrogen (secondary N) is 1. The third-order valence-electron chi connectivity index (χ3n) is 3.52. The number of esters is 1. The molecule has 0 spiro atoms. The first-order chi connectivity index (χ1) is 11.9. The summed E-state index contributed by atoms with van der Waals surface area (Å²) in [5, 5.41) is 3.41. The third-order valence-corrected chi connectivity index (χ3v) is 3.81. The molecule has 132 valence electrons. The maximum Gasteiger partial charge on any atom is 0.356 e. The van der Waals surface area contributed by atoms with Crippen molar-refractivity contribution in [3.63, 3.8) is 0 Å². The van der Waals surface area contributed by atoms with Crippen molar-refractivity contribution >= 4 is 34.8 Å². The number of hydrogen-bond donors (Lipinski definition) is 1. The zero-order valence-corrected chi connectivity index (χ0v) is 15.2. The number of aromatic nitrogens is 1. The van der Waals surface area contributed by atoms with Crippen molar-refractivity contribution in [2.75, 3.05) is 19.5 Å². The van der Waals surface area contributed by atoms with Gasteiger partial charge in [-0.25, -0.2) is 14.2 Å². The molecule has 7 heteroatoms. The zero-order chi connectivity index (χ0) is 18.6. The molecule has 2 rings (SSSR count). The summed E-state index contributed by atoms with van der Waals surface area (Å²) in [4.78, 5) is 20.5. The van der Waals surface area contributed by atoms with Crippen LogP contribution in [0.2, 0.25) is 5.02 Å². The highest BCUT2D eigenvalue weighted by Crippen LogP contribution is 2.30. The van der Waals surface area contributed by atoms with Gasteiger partial charge in [0.25, 0.3) is 0 Å². The Bertz CT molecular complexity index is 805. The Morgan fingerprint density at radius 2 is 1.96 bits per heavy atom. The van der Waals surface area contributed by atoms with Crippen molar-refractivity contribution in [3.05, 3.63) is 52.4 Å². The van der Waals surface area contributed by atoms with Crippen LogP contribution in [-0.2, 0) is 4.74 Å². The summed E-state index contributed by atoms with van der Waals surface area (Å²) in [7, 11) is 2.94. The fraction of sp³-hybridized carbons (Fsp3) is 0.278. The van der Waals surface area contributed by atoms with E-state index in [1.807, 2.05) is 13.8 Å². The molecule has 0 radical (unpaired) electrons. The minimum absolute atomic E-state index is 0.0695. The van der Waals surface area contributed by atoms with Gasteiger partial charge >= 0.3 is 5.97 Å². The molecule has 0 unspecified atom stereocenters. The topological polar surface area (TPSA) is 63.6 Å². The molecule has 0 saturated carbocycles. The number of carbonyl (C=O) groups excluding carboxylic acids is 1. The number of carbonyl (C=O) groups is 1. The zero-order valence-electron chi connectivity index (χ0n) is 14.4. The molecular formula is C18H19ClFN3O2. The number of rotatable bonds is 5. The summed E-state index contributed by atoms with van der Waals surface area (Å²) >= 11 is 6.42. The monoisotopic (exact) mass is 363 g/mol. The van der Waals surface area contributed by atoms with Gasteiger partial charge in [-0.05, 0) is 36.2 Å². The number of hydrogen-bond acceptors (Lipinski definition) is 5. The molecule has 0 bridgehead atoms. The van der Waals surface area contributed by atoms with Crippen molar-refractivity contribution in [2.45, 2.75) is 13.8 Å². The van der Waals surface area contributed by atoms with E-state index in [1.54, 1.807) is 19.2 Å². The lowest BCUT2D eigenvalue weighted by Gasteiger charge is -2.17. The summed E-state index contributed by atoms with van der Waals surface area (Å²) < 4.78 is 17.8. The van der Waals surface area contributed by atoms with Crippen LogP contribution in [0.25, 0.3) is 0 Å². The predicted molar refractivity (Wildman–Crippen MR) is 97.6 cm³/mol. The van der Waals surface area contributed by atoms with Crippen LogP contribution in [-0.4, -0.2) is 30.8 Å². The number of nitrogens with zero attached hydrogens (tertiary/aromatic N) is 2. The van der Waals surface area contributed by atoms with E-state index in [0.717, 1.165) is 5.71 Å². The lowest BCUT2D eigenvalue weighted by atomic mass is 9.99. The molecule has 0 fully saturated rings. The molecule has 2 aromatic rings. The molecule has 1 N–H and O–H groups in total. The average Bonchev–Trinajstić information content (AvgIpc) is 2.58. The normalized spacial score (nSPS) is 11.6. The van der Waals surface area contributed by atoms with E-state index >= 15 is 0 Å². The van der Waals surface area contributed by atoms with Gasteiger partial charge in [-0.15, -0.1) is 0 Å². The second kappa shape index (κ2) is 8.07. The summed E-state index contributed by atoms with van der Waals surface area (Å²) in [5.74, 6) is -0.510. The molecule has 0 aliphatic heterocycles. The Hall–Kier alpha value is -2.47. The molecule has 1 aromatic heterocycles. The minimum Gasteiger partial charge on any atom is -0.464 e. The Balaban J connectivity index is 2.61. The highest BCUT2D eigenvalue weighted by atomic mass is 35.5. The van der Waals surface area contributed by atoms with Gasteiger partial charge in [0, 0.05) is 18.4 Å². The molecule has 0 saturated heterocycles. The third kappa shape index (κ3) is 4.33. The minimum atomic E-state index is -0.602. The first-order valence-corrected chi connectivity index (χ1v) is 8.03. The van der Waals surface area contributed by atoms with Crippen LogP contribution in [0.15, 0.2) is 35.3 Å². The number of benzene rings is 1. The van der Waals surface area contributed by atoms with Crippen molar-refractivity contribution in [1.82, 2.24) is 4.98 Å². The highest BCUT2D eigenvalue weighted by molar-refractivity contribution is 6.35. The van der Waals surface area contributed by atoms with E-state index < -0.39 is 5.97 Å². The molecule has 1 heterocycles. The van der Waals surface area contributed by atoms with Crippen LogP contribution in [0.5, 0.6) is 0 Å². The van der Waals surface area contributed by atoms with E-state index in [4.69, 9.17) is 16.3 Å². The first kappa shape index (κ1) is 18.9. The number of aliphatic imine (C=N–C) groups is 1. The van der Waals surface area contributed by atoms with Gasteiger partial charge in [0.05, 0.1) is 17.7 Å². The summed E-state index contributed by atoms with van der Waals surface area (Å²) in [6.07, 6.45) is 0. The second-order valence-electron chi connectivity index (χ2n) is 5.60. The average molecular weight is 364 g/mol. The van der Waals surface area contributed by atoms with E-state index in [2.05, 4.69) is 15.3 Å². The van der Waals surface area contributed by atoms with Crippen LogP contribution in [0.4, 0.5) is 15.9 Å². The van der Waals surface area contributed by atoms with Crippen LogP contribution >= 0.6 is 11.6 Å². The molecule has 5 nitrogen and oxygen atoms in total. The molecule has 0 atom stereocenters. The van der Waals surface area contributed by atoms with Crippen molar-refractivity contribution in [3.8, 4) is 0 Å². The Labute approximate surface area is 150 Å². The van der Waals surface area contributed by atoms with Gasteiger partial charge in [0.15, 0.2) is 5.69 Å². The van der Waals surface area contributed by atoms with Crippen LogP contribution < -0.4 is 5.32 Å². The summed E-state index contributed by atoms with van der Waals surface area (Å²) in [6.45, 7) is 3.96. The SMILES string of the molecule is C/N=C(\c1c(Cl)cc(C(=O)OC)nc1Nc1ccc(F)cc1)C(C)C. The van der Waals surface area contributed by atoms with Gasteiger partial charge in [-0.3, -0.25) is 4.99 Å². The lowest BCUT2D eigenvalue weighted by molar-refractivity contribution is 0.0594. The molecule has 0 aliphatic rings. The van der Waals surface area contributed by atoms with Crippen LogP contribution in [0.1, 0.15) is 29.9 Å². The van der Waals surface area contributed by atoms with E-state index in [1.165, 1.54) is 25.3 Å². The largest absolute Gasteiger partial charge is 0.464 e. The standard InChI is InChI=1S/C18H19ClFN3O2/c1-10(2)16(21-3)15-13(19)9-14(18(24)25-4)23-17(15)22-12-7-5-11(20)6-8-12/h5-10H,1-4H3,(H,22,23)/b21-16-. The van der Waals surface area contributed by atoms with Crippen molar-refractivity contribution in [1.29, 1.82) is 0 Å². The molecule has 25 heavy (non-hydrogen) atoms. The van der Waals surface area contributed by atoms with E-state index in [0.29, 0.717) is 22.1 Å². The van der Waals surface area contributed by atoms with Gasteiger partial charge in [-0.1, -0.05) is 25.4 Å². The molecular weight excluding hydrogens is 345 g/mol. The van der Waals surface area contributed by atoms with Gasteiger partial charge in [0.2, 0.25) is 0 Å². The van der Waals surface area contributed by atoms with Crippen molar-refractivity contribution < 1.29 is 13.9 Å². The van der Waals surface area contributed by atoms with E-state index in [9.17, 15) is 9.18 Å². The quantitative estimate of drug-likeness (QED) is 0.628. The van der Waals surface area contributed by atoms with Crippen LogP contribution in [0.3, 0.4) is 0 Å². The van der Waals surface area contributed by atoms with Gasteiger partial charge in [-0.2, -0.15) is 0 Å². The number of methoxy groups -OCH3 is 1. The molecule has 1 aromatic carbocycles. The molecule has 0 amide bonds. The predicted octanol–water partition coefficient (Wildman–Crippen LogP) is 4.48. The first-order valence-electron chi connectivity index (χ1n) is 7.65. The summed E-state index contributed by atoms with van der Waals surface area (Å²) in [5.41, 5.74) is 2.00. The van der Waals surface area contributed by atoms with Crippen LogP contribution in [0, 0.1) is 11.7 Å². The van der Waals surface area contributed by atoms with Gasteiger partial charge in [0.1, 0.15) is 11.6 Å². The van der Waals surface area contributed by atoms with Crippen molar-refractivity contribution in [2.24, 2.45) is 10.9 Å². The molecule has 0 aliphatic carbocycles. The maximum absolute atomic E-state index is 13.1. The number of halogens is 2. The second-order valence-corrected chi connectivity index (χ2v) is 6.01. The fourth-order valence-corrected chi connectivity index (χ4v) is 2.68. The van der Waals surface area contributed by atoms with E-state index in [-0.39, 0.29) is 17.4 Å².